The number of nitrogens with one attached hydrogen (secondary N) is 1. The molecule has 1 aromatic heterocycles. The van der Waals surface area contributed by atoms with Gasteiger partial charge in [0.2, 0.25) is 5.88 Å². The van der Waals surface area contributed by atoms with Crippen molar-refractivity contribution in [1.82, 2.24) is 15.1 Å². The van der Waals surface area contributed by atoms with Crippen LogP contribution in [0.15, 0.2) is 18.2 Å². The van der Waals surface area contributed by atoms with Crippen LogP contribution in [0.1, 0.15) is 11.3 Å². The normalized spacial score (nSPS) is 11.5. The number of hydrogen-bond acceptors (Lipinski definition) is 4. The Morgan fingerprint density at radius 2 is 1.88 bits per heavy atom. The highest BCUT2D eigenvalue weighted by Crippen LogP contribution is 2.41. The van der Waals surface area contributed by atoms with Gasteiger partial charge in [0, 0.05) is 25.4 Å². The molecular formula is C15H14Cl2F3N3O2S. The summed E-state index contributed by atoms with van der Waals surface area (Å²) >= 11 is 17.0. The average Bonchev–Trinajstić information content (AvgIpc) is 2.90. The van der Waals surface area contributed by atoms with Crippen molar-refractivity contribution in [3.63, 3.8) is 0 Å². The summed E-state index contributed by atoms with van der Waals surface area (Å²) in [6.45, 7) is 2.68. The number of hydrogen-bond donors (Lipinski definition) is 1. The van der Waals surface area contributed by atoms with Gasteiger partial charge in [0.05, 0.1) is 22.2 Å². The van der Waals surface area contributed by atoms with Crippen LogP contribution in [-0.2, 0) is 10.9 Å². The molecule has 1 N–H and O–H groups in total. The summed E-state index contributed by atoms with van der Waals surface area (Å²) in [7, 11) is 1.56. The lowest BCUT2D eigenvalue weighted by Gasteiger charge is -2.12. The second-order valence-corrected chi connectivity index (χ2v) is 6.33. The third-order valence-electron chi connectivity index (χ3n) is 3.17. The zero-order chi connectivity index (χ0) is 19.5. The highest BCUT2D eigenvalue weighted by Gasteiger charge is 2.32. The molecule has 2 rings (SSSR count). The number of aryl methyl sites for hydroxylation is 1. The largest absolute Gasteiger partial charge is 0.434 e. The summed E-state index contributed by atoms with van der Waals surface area (Å²) in [4.78, 5) is 0. The van der Waals surface area contributed by atoms with Crippen molar-refractivity contribution >= 4 is 40.5 Å². The minimum atomic E-state index is -4.57. The third kappa shape index (κ3) is 5.00. The van der Waals surface area contributed by atoms with Crippen molar-refractivity contribution in [3.05, 3.63) is 39.5 Å². The molecule has 0 fully saturated rings. The van der Waals surface area contributed by atoms with Gasteiger partial charge in [0.1, 0.15) is 0 Å². The molecule has 11 heteroatoms. The van der Waals surface area contributed by atoms with E-state index in [1.165, 1.54) is 4.68 Å². The van der Waals surface area contributed by atoms with Crippen LogP contribution in [0.2, 0.25) is 10.0 Å². The van der Waals surface area contributed by atoms with Gasteiger partial charge < -0.3 is 14.8 Å². The number of ether oxygens (including phenoxy) is 2. The number of aromatic nitrogens is 2. The molecular weight excluding hydrogens is 414 g/mol. The second kappa shape index (κ2) is 8.43. The highest BCUT2D eigenvalue weighted by atomic mass is 35.5. The van der Waals surface area contributed by atoms with Crippen LogP contribution in [-0.4, -0.2) is 35.2 Å². The van der Waals surface area contributed by atoms with Gasteiger partial charge in [-0.25, -0.2) is 4.68 Å². The summed E-state index contributed by atoms with van der Waals surface area (Å²) in [5, 5.41) is 6.85. The van der Waals surface area contributed by atoms with Gasteiger partial charge in [-0.1, -0.05) is 23.2 Å². The number of methoxy groups -OCH3 is 1. The predicted octanol–water partition coefficient (Wildman–Crippen LogP) is 4.68. The molecule has 2 aromatic rings. The number of nitrogens with zero attached hydrogens (tertiary/aromatic N) is 2. The lowest BCUT2D eigenvalue weighted by atomic mass is 10.2. The predicted molar refractivity (Wildman–Crippen MR) is 96.4 cm³/mol. The molecule has 0 aliphatic heterocycles. The van der Waals surface area contributed by atoms with Crippen LogP contribution in [0.5, 0.6) is 11.6 Å². The van der Waals surface area contributed by atoms with Crippen molar-refractivity contribution in [2.75, 3.05) is 20.3 Å². The first-order valence-corrected chi connectivity index (χ1v) is 8.37. The van der Waals surface area contributed by atoms with Crippen LogP contribution >= 0.6 is 35.4 Å². The Labute approximate surface area is 163 Å². The van der Waals surface area contributed by atoms with E-state index < -0.39 is 11.7 Å². The third-order valence-corrected chi connectivity index (χ3v) is 4.05. The molecule has 0 bridgehead atoms. The molecule has 0 unspecified atom stereocenters. The lowest BCUT2D eigenvalue weighted by molar-refractivity contribution is -0.137. The SMILES string of the molecule is COCCNC(=S)n1nc(Oc2c(Cl)cc(C(F)(F)F)cc2Cl)cc1C. The average molecular weight is 428 g/mol. The summed E-state index contributed by atoms with van der Waals surface area (Å²) in [5.74, 6) is -0.0359. The van der Waals surface area contributed by atoms with Gasteiger partial charge in [-0.05, 0) is 31.3 Å². The van der Waals surface area contributed by atoms with Gasteiger partial charge in [-0.15, -0.1) is 5.10 Å². The van der Waals surface area contributed by atoms with E-state index in [2.05, 4.69) is 10.4 Å². The zero-order valence-electron chi connectivity index (χ0n) is 13.7. The van der Waals surface area contributed by atoms with E-state index in [-0.39, 0.29) is 21.7 Å². The van der Waals surface area contributed by atoms with Crippen molar-refractivity contribution < 1.29 is 22.6 Å². The molecule has 0 radical (unpaired) electrons. The quantitative estimate of drug-likeness (QED) is 0.554. The van der Waals surface area contributed by atoms with E-state index >= 15 is 0 Å². The first-order chi connectivity index (χ1) is 12.1. The number of thiocarbonyl (C=S) groups is 1. The lowest BCUT2D eigenvalue weighted by Crippen LogP contribution is -2.32. The smallest absolute Gasteiger partial charge is 0.416 e. The van der Waals surface area contributed by atoms with Gasteiger partial charge >= 0.3 is 6.18 Å². The van der Waals surface area contributed by atoms with E-state index in [9.17, 15) is 13.2 Å². The van der Waals surface area contributed by atoms with Crippen LogP contribution in [0.3, 0.4) is 0 Å². The summed E-state index contributed by atoms with van der Waals surface area (Å²) < 4.78 is 50.1. The Hall–Kier alpha value is -1.55. The molecule has 142 valence electrons. The van der Waals surface area contributed by atoms with E-state index in [0.717, 1.165) is 12.1 Å². The van der Waals surface area contributed by atoms with Crippen LogP contribution < -0.4 is 10.1 Å². The maximum absolute atomic E-state index is 12.8. The number of rotatable bonds is 5. The van der Waals surface area contributed by atoms with Crippen molar-refractivity contribution in [2.45, 2.75) is 13.1 Å². The topological polar surface area (TPSA) is 48.3 Å². The Bertz CT molecular complexity index is 789. The molecule has 5 nitrogen and oxygen atoms in total. The number of benzene rings is 1. The molecule has 26 heavy (non-hydrogen) atoms. The molecule has 0 amide bonds. The molecule has 0 aliphatic rings. The van der Waals surface area contributed by atoms with Crippen LogP contribution in [0, 0.1) is 6.92 Å². The van der Waals surface area contributed by atoms with Crippen molar-refractivity contribution in [1.29, 1.82) is 0 Å². The monoisotopic (exact) mass is 427 g/mol. The fourth-order valence-corrected chi connectivity index (χ4v) is 2.81. The van der Waals surface area contributed by atoms with Crippen molar-refractivity contribution in [2.24, 2.45) is 0 Å². The maximum Gasteiger partial charge on any atom is 0.416 e. The first-order valence-electron chi connectivity index (χ1n) is 7.21. The van der Waals surface area contributed by atoms with Crippen LogP contribution in [0.25, 0.3) is 0 Å². The Kier molecular flexibility index (Phi) is 6.73. The first kappa shape index (κ1) is 20.8. The molecule has 0 saturated heterocycles. The number of alkyl halides is 3. The fraction of sp³-hybridized carbons (Fsp3) is 0.333. The Morgan fingerprint density at radius 3 is 2.42 bits per heavy atom. The van der Waals surface area contributed by atoms with E-state index in [1.807, 2.05) is 0 Å². The molecule has 0 saturated carbocycles. The Balaban J connectivity index is 2.22. The second-order valence-electron chi connectivity index (χ2n) is 5.13. The van der Waals surface area contributed by atoms with E-state index in [0.29, 0.717) is 24.0 Å². The molecule has 1 heterocycles. The Morgan fingerprint density at radius 1 is 1.27 bits per heavy atom. The molecule has 0 spiro atoms. The maximum atomic E-state index is 12.8. The fourth-order valence-electron chi connectivity index (χ4n) is 1.96. The zero-order valence-corrected chi connectivity index (χ0v) is 16.0. The minimum absolute atomic E-state index is 0.0851. The minimum Gasteiger partial charge on any atom is -0.434 e. The molecule has 1 aromatic carbocycles. The molecule has 0 atom stereocenters. The van der Waals surface area contributed by atoms with Gasteiger partial charge in [-0.3, -0.25) is 0 Å². The van der Waals surface area contributed by atoms with E-state index in [1.54, 1.807) is 20.1 Å². The van der Waals surface area contributed by atoms with Gasteiger partial charge in [0.15, 0.2) is 10.9 Å². The summed E-state index contributed by atoms with van der Waals surface area (Å²) in [6, 6.07) is 3.03. The summed E-state index contributed by atoms with van der Waals surface area (Å²) in [6.07, 6.45) is -4.57. The van der Waals surface area contributed by atoms with Crippen LogP contribution in [0.4, 0.5) is 13.2 Å². The summed E-state index contributed by atoms with van der Waals surface area (Å²) in [5.41, 5.74) is -0.320. The standard InChI is InChI=1S/C15H14Cl2F3N3O2S/c1-8-5-12(22-23(8)14(26)21-3-4-24-2)25-13-10(16)6-9(7-11(13)17)15(18,19)20/h5-7H,3-4H2,1-2H3,(H,21,26). The van der Waals surface area contributed by atoms with Gasteiger partial charge in [0.25, 0.3) is 0 Å². The van der Waals surface area contributed by atoms with Crippen molar-refractivity contribution in [3.8, 4) is 11.6 Å². The van der Waals surface area contributed by atoms with E-state index in [4.69, 9.17) is 44.9 Å². The van der Waals surface area contributed by atoms with Gasteiger partial charge in [-0.2, -0.15) is 13.2 Å². The molecule has 0 aliphatic carbocycles. The number of halogens is 5. The highest BCUT2D eigenvalue weighted by molar-refractivity contribution is 7.80.